The van der Waals surface area contributed by atoms with Crippen molar-refractivity contribution in [2.45, 2.75) is 38.8 Å². The Kier molecular flexibility index (Phi) is 3.99. The normalized spacial score (nSPS) is 21.9. The number of anilines is 2. The lowest BCUT2D eigenvalue weighted by atomic mass is 10.1. The quantitative estimate of drug-likeness (QED) is 0.941. The van der Waals surface area contributed by atoms with Crippen molar-refractivity contribution in [2.75, 3.05) is 30.9 Å². The largest absolute Gasteiger partial charge is 0.376 e. The molecule has 0 radical (unpaired) electrons. The van der Waals surface area contributed by atoms with Crippen molar-refractivity contribution >= 4 is 33.3 Å². The number of aromatic nitrogens is 2. The van der Waals surface area contributed by atoms with Gasteiger partial charge in [-0.1, -0.05) is 6.92 Å². The molecule has 0 spiro atoms. The predicted molar refractivity (Wildman–Crippen MR) is 88.6 cm³/mol. The molecule has 3 rings (SSSR count). The van der Waals surface area contributed by atoms with E-state index in [1.165, 1.54) is 4.88 Å². The van der Waals surface area contributed by atoms with Gasteiger partial charge in [-0.3, -0.25) is 0 Å². The van der Waals surface area contributed by atoms with Crippen molar-refractivity contribution in [3.8, 4) is 0 Å². The van der Waals surface area contributed by atoms with Crippen LogP contribution in [-0.4, -0.2) is 42.8 Å². The van der Waals surface area contributed by atoms with Crippen LogP contribution >= 0.6 is 11.3 Å². The minimum atomic E-state index is 0.238. The fraction of sp³-hybridized carbons (Fsp3) is 0.600. The van der Waals surface area contributed by atoms with E-state index in [1.54, 1.807) is 11.3 Å². The SMILES string of the molecule is CCc1cc2c(N(C)C3CCOC3C)nc(NC)nc2s1. The molecule has 5 nitrogen and oxygen atoms in total. The molecule has 0 aromatic carbocycles. The van der Waals surface area contributed by atoms with E-state index in [1.807, 2.05) is 7.05 Å². The van der Waals surface area contributed by atoms with Gasteiger partial charge in [0.15, 0.2) is 0 Å². The Morgan fingerprint density at radius 2 is 2.29 bits per heavy atom. The summed E-state index contributed by atoms with van der Waals surface area (Å²) in [6.45, 7) is 5.14. The van der Waals surface area contributed by atoms with Crippen molar-refractivity contribution in [1.82, 2.24) is 9.97 Å². The van der Waals surface area contributed by atoms with Crippen LogP contribution in [0.2, 0.25) is 0 Å². The van der Waals surface area contributed by atoms with E-state index in [2.05, 4.69) is 42.2 Å². The van der Waals surface area contributed by atoms with Crippen LogP contribution in [0.15, 0.2) is 6.07 Å². The molecule has 21 heavy (non-hydrogen) atoms. The van der Waals surface area contributed by atoms with Crippen molar-refractivity contribution < 1.29 is 4.74 Å². The monoisotopic (exact) mass is 306 g/mol. The molecule has 1 fully saturated rings. The summed E-state index contributed by atoms with van der Waals surface area (Å²) in [6.07, 6.45) is 2.31. The third-order valence-corrected chi connectivity index (χ3v) is 5.34. The number of ether oxygens (including phenoxy) is 1. The second kappa shape index (κ2) is 5.77. The first kappa shape index (κ1) is 14.5. The Bertz CT molecular complexity index is 642. The Morgan fingerprint density at radius 1 is 1.48 bits per heavy atom. The molecule has 1 aliphatic rings. The van der Waals surface area contributed by atoms with E-state index in [0.717, 1.165) is 35.5 Å². The Hall–Kier alpha value is -1.40. The molecule has 6 heteroatoms. The highest BCUT2D eigenvalue weighted by molar-refractivity contribution is 7.18. The molecule has 1 aliphatic heterocycles. The topological polar surface area (TPSA) is 50.3 Å². The number of hydrogen-bond donors (Lipinski definition) is 1. The number of aryl methyl sites for hydroxylation is 1. The van der Waals surface area contributed by atoms with Crippen LogP contribution in [0, 0.1) is 0 Å². The van der Waals surface area contributed by atoms with Gasteiger partial charge in [0.2, 0.25) is 5.95 Å². The van der Waals surface area contributed by atoms with E-state index < -0.39 is 0 Å². The number of likely N-dealkylation sites (N-methyl/N-ethyl adjacent to an activating group) is 1. The fourth-order valence-corrected chi connectivity index (χ4v) is 3.86. The lowest BCUT2D eigenvalue weighted by molar-refractivity contribution is 0.118. The van der Waals surface area contributed by atoms with Crippen LogP contribution in [0.25, 0.3) is 10.2 Å². The van der Waals surface area contributed by atoms with Gasteiger partial charge in [-0.25, -0.2) is 4.98 Å². The minimum Gasteiger partial charge on any atom is -0.376 e. The summed E-state index contributed by atoms with van der Waals surface area (Å²) >= 11 is 1.75. The van der Waals surface area contributed by atoms with Gasteiger partial charge >= 0.3 is 0 Å². The van der Waals surface area contributed by atoms with Crippen molar-refractivity contribution in [1.29, 1.82) is 0 Å². The van der Waals surface area contributed by atoms with E-state index in [-0.39, 0.29) is 6.10 Å². The standard InChI is InChI=1S/C15H22N4OS/c1-5-10-8-11-13(17-15(16-3)18-14(11)21-10)19(4)12-6-7-20-9(12)2/h8-9,12H,5-7H2,1-4H3,(H,16,17,18). The van der Waals surface area contributed by atoms with E-state index in [4.69, 9.17) is 9.72 Å². The van der Waals surface area contributed by atoms with Crippen LogP contribution in [-0.2, 0) is 11.2 Å². The molecule has 3 heterocycles. The predicted octanol–water partition coefficient (Wildman–Crippen LogP) is 2.91. The average molecular weight is 306 g/mol. The van der Waals surface area contributed by atoms with Crippen LogP contribution in [0.5, 0.6) is 0 Å². The zero-order chi connectivity index (χ0) is 15.0. The fourth-order valence-electron chi connectivity index (χ4n) is 2.90. The summed E-state index contributed by atoms with van der Waals surface area (Å²) in [5.41, 5.74) is 0. The Balaban J connectivity index is 2.08. The maximum atomic E-state index is 5.70. The first-order chi connectivity index (χ1) is 10.1. The highest BCUT2D eigenvalue weighted by atomic mass is 32.1. The molecule has 2 unspecified atom stereocenters. The van der Waals surface area contributed by atoms with Gasteiger partial charge in [0.25, 0.3) is 0 Å². The third-order valence-electron chi connectivity index (χ3n) is 4.16. The highest BCUT2D eigenvalue weighted by Gasteiger charge is 2.30. The summed E-state index contributed by atoms with van der Waals surface area (Å²) in [5, 5.41) is 4.22. The first-order valence-electron chi connectivity index (χ1n) is 7.46. The molecule has 0 saturated carbocycles. The number of nitrogens with zero attached hydrogens (tertiary/aromatic N) is 3. The average Bonchev–Trinajstić information content (AvgIpc) is 3.10. The lowest BCUT2D eigenvalue weighted by Gasteiger charge is -2.28. The number of nitrogens with one attached hydrogen (secondary N) is 1. The van der Waals surface area contributed by atoms with Gasteiger partial charge in [-0.05, 0) is 25.8 Å². The maximum absolute atomic E-state index is 5.70. The number of rotatable bonds is 4. The second-order valence-corrected chi connectivity index (χ2v) is 6.56. The second-order valence-electron chi connectivity index (χ2n) is 5.45. The van der Waals surface area contributed by atoms with Crippen molar-refractivity contribution in [3.05, 3.63) is 10.9 Å². The molecular weight excluding hydrogens is 284 g/mol. The van der Waals surface area contributed by atoms with Gasteiger partial charge in [0, 0.05) is 25.6 Å². The number of fused-ring (bicyclic) bond motifs is 1. The van der Waals surface area contributed by atoms with Crippen LogP contribution in [0.3, 0.4) is 0 Å². The third kappa shape index (κ3) is 2.58. The van der Waals surface area contributed by atoms with E-state index in [0.29, 0.717) is 12.0 Å². The molecule has 114 valence electrons. The van der Waals surface area contributed by atoms with Crippen LogP contribution in [0.1, 0.15) is 25.1 Å². The Morgan fingerprint density at radius 3 is 2.90 bits per heavy atom. The van der Waals surface area contributed by atoms with Gasteiger partial charge in [-0.2, -0.15) is 4.98 Å². The highest BCUT2D eigenvalue weighted by Crippen LogP contribution is 2.34. The van der Waals surface area contributed by atoms with Crippen molar-refractivity contribution in [2.24, 2.45) is 0 Å². The van der Waals surface area contributed by atoms with Gasteiger partial charge in [0.1, 0.15) is 10.6 Å². The molecular formula is C15H22N4OS. The van der Waals surface area contributed by atoms with E-state index in [9.17, 15) is 0 Å². The maximum Gasteiger partial charge on any atom is 0.225 e. The zero-order valence-electron chi connectivity index (χ0n) is 13.0. The van der Waals surface area contributed by atoms with Crippen LogP contribution in [0.4, 0.5) is 11.8 Å². The summed E-state index contributed by atoms with van der Waals surface area (Å²) in [7, 11) is 3.97. The van der Waals surface area contributed by atoms with E-state index >= 15 is 0 Å². The number of hydrogen-bond acceptors (Lipinski definition) is 6. The van der Waals surface area contributed by atoms with Gasteiger partial charge in [-0.15, -0.1) is 11.3 Å². The molecule has 2 aromatic rings. The van der Waals surface area contributed by atoms with Gasteiger partial charge in [0.05, 0.1) is 17.5 Å². The molecule has 1 N–H and O–H groups in total. The summed E-state index contributed by atoms with van der Waals surface area (Å²) in [6, 6.07) is 2.60. The molecule has 0 bridgehead atoms. The molecule has 2 atom stereocenters. The molecule has 0 amide bonds. The Labute approximate surface area is 129 Å². The molecule has 1 saturated heterocycles. The smallest absolute Gasteiger partial charge is 0.225 e. The summed E-state index contributed by atoms with van der Waals surface area (Å²) in [5.74, 6) is 1.68. The molecule has 0 aliphatic carbocycles. The van der Waals surface area contributed by atoms with Crippen LogP contribution < -0.4 is 10.2 Å². The first-order valence-corrected chi connectivity index (χ1v) is 8.28. The zero-order valence-corrected chi connectivity index (χ0v) is 13.8. The number of thiophene rings is 1. The van der Waals surface area contributed by atoms with Crippen molar-refractivity contribution in [3.63, 3.8) is 0 Å². The van der Waals surface area contributed by atoms with Gasteiger partial charge < -0.3 is 15.0 Å². The lowest BCUT2D eigenvalue weighted by Crippen LogP contribution is -2.37. The summed E-state index contributed by atoms with van der Waals surface area (Å²) in [4.78, 5) is 13.9. The minimum absolute atomic E-state index is 0.238. The summed E-state index contributed by atoms with van der Waals surface area (Å²) < 4.78 is 5.70. The molecule has 2 aromatic heterocycles.